The maximum atomic E-state index is 8.90. The lowest BCUT2D eigenvalue weighted by Crippen LogP contribution is -1.87. The lowest BCUT2D eigenvalue weighted by atomic mass is 10.1. The molecule has 0 spiro atoms. The van der Waals surface area contributed by atoms with E-state index in [2.05, 4.69) is 43.3 Å². The number of nitrogens with zero attached hydrogens (tertiary/aromatic N) is 1. The van der Waals surface area contributed by atoms with Gasteiger partial charge in [0.15, 0.2) is 0 Å². The van der Waals surface area contributed by atoms with Crippen molar-refractivity contribution in [3.8, 4) is 6.07 Å². The fourth-order valence-corrected chi connectivity index (χ4v) is 2.85. The van der Waals surface area contributed by atoms with Crippen LogP contribution in [0.5, 0.6) is 0 Å². The summed E-state index contributed by atoms with van der Waals surface area (Å²) in [5.74, 6) is 0.970. The second-order valence-corrected chi connectivity index (χ2v) is 5.35. The molecule has 0 aliphatic carbocycles. The van der Waals surface area contributed by atoms with Gasteiger partial charge in [0.1, 0.15) is 0 Å². The van der Waals surface area contributed by atoms with Crippen LogP contribution in [0.3, 0.4) is 0 Å². The highest BCUT2D eigenvalue weighted by molar-refractivity contribution is 7.98. The highest BCUT2D eigenvalue weighted by Crippen LogP contribution is 2.25. The molecule has 0 aromatic heterocycles. The molecule has 90 valence electrons. The summed E-state index contributed by atoms with van der Waals surface area (Å²) in [6.45, 7) is 4.12. The largest absolute Gasteiger partial charge is 0.192 e. The highest BCUT2D eigenvalue weighted by atomic mass is 32.2. The van der Waals surface area contributed by atoms with Crippen LogP contribution >= 0.6 is 11.8 Å². The van der Waals surface area contributed by atoms with E-state index in [0.29, 0.717) is 0 Å². The molecule has 0 aliphatic heterocycles. The Balaban J connectivity index is 2.10. The summed E-state index contributed by atoms with van der Waals surface area (Å²) in [6.07, 6.45) is 0. The summed E-state index contributed by atoms with van der Waals surface area (Å²) < 4.78 is 0. The van der Waals surface area contributed by atoms with Crippen LogP contribution < -0.4 is 0 Å². The first-order valence-electron chi connectivity index (χ1n) is 5.89. The minimum atomic E-state index is 0.759. The van der Waals surface area contributed by atoms with Gasteiger partial charge in [-0.05, 0) is 48.7 Å². The summed E-state index contributed by atoms with van der Waals surface area (Å²) in [5.41, 5.74) is 4.50. The standard InChI is InChI=1S/C16H15NS/c1-12-5-3-4-6-15(12)11-18-16-8-7-14(10-17)13(2)9-16/h3-9H,11H2,1-2H3. The molecule has 18 heavy (non-hydrogen) atoms. The molecule has 0 fully saturated rings. The van der Waals surface area contributed by atoms with Crippen LogP contribution in [-0.2, 0) is 5.75 Å². The molecule has 0 aliphatic rings. The number of thioether (sulfide) groups is 1. The molecule has 2 heteroatoms. The first-order chi connectivity index (χ1) is 8.70. The molecule has 0 atom stereocenters. The van der Waals surface area contributed by atoms with Crippen molar-refractivity contribution < 1.29 is 0 Å². The van der Waals surface area contributed by atoms with Crippen LogP contribution in [0, 0.1) is 25.2 Å². The number of hydrogen-bond acceptors (Lipinski definition) is 2. The van der Waals surface area contributed by atoms with Gasteiger partial charge in [0.2, 0.25) is 0 Å². The summed E-state index contributed by atoms with van der Waals surface area (Å²) in [4.78, 5) is 1.22. The lowest BCUT2D eigenvalue weighted by Gasteiger charge is -2.06. The molecule has 0 unspecified atom stereocenters. The minimum absolute atomic E-state index is 0.759. The maximum absolute atomic E-state index is 8.90. The van der Waals surface area contributed by atoms with Crippen LogP contribution in [-0.4, -0.2) is 0 Å². The average molecular weight is 253 g/mol. The quantitative estimate of drug-likeness (QED) is 0.754. The molecule has 0 saturated heterocycles. The van der Waals surface area contributed by atoms with E-state index in [0.717, 1.165) is 16.9 Å². The summed E-state index contributed by atoms with van der Waals surface area (Å²) in [6, 6.07) is 16.6. The lowest BCUT2D eigenvalue weighted by molar-refractivity contribution is 1.28. The second-order valence-electron chi connectivity index (χ2n) is 4.30. The SMILES string of the molecule is Cc1cc(SCc2ccccc2C)ccc1C#N. The van der Waals surface area contributed by atoms with Crippen LogP contribution in [0.2, 0.25) is 0 Å². The first-order valence-corrected chi connectivity index (χ1v) is 6.87. The van der Waals surface area contributed by atoms with Crippen molar-refractivity contribution in [2.75, 3.05) is 0 Å². The fourth-order valence-electron chi connectivity index (χ4n) is 1.78. The maximum Gasteiger partial charge on any atom is 0.0994 e. The summed E-state index contributed by atoms with van der Waals surface area (Å²) in [7, 11) is 0. The molecule has 0 radical (unpaired) electrons. The average Bonchev–Trinajstić information content (AvgIpc) is 2.38. The molecule has 1 nitrogen and oxygen atoms in total. The van der Waals surface area contributed by atoms with Gasteiger partial charge >= 0.3 is 0 Å². The normalized spacial score (nSPS) is 10.1. The topological polar surface area (TPSA) is 23.8 Å². The van der Waals surface area contributed by atoms with Gasteiger partial charge in [0, 0.05) is 10.6 Å². The van der Waals surface area contributed by atoms with Gasteiger partial charge in [0.05, 0.1) is 11.6 Å². The number of hydrogen-bond donors (Lipinski definition) is 0. The Labute approximate surface area is 112 Å². The molecule has 0 N–H and O–H groups in total. The molecule has 0 heterocycles. The molecule has 2 aromatic carbocycles. The fraction of sp³-hybridized carbons (Fsp3) is 0.188. The Morgan fingerprint density at radius 2 is 1.83 bits per heavy atom. The van der Waals surface area contributed by atoms with E-state index in [1.54, 1.807) is 0 Å². The molecular formula is C16H15NS. The monoisotopic (exact) mass is 253 g/mol. The van der Waals surface area contributed by atoms with Crippen molar-refractivity contribution in [2.24, 2.45) is 0 Å². The number of nitriles is 1. The van der Waals surface area contributed by atoms with Gasteiger partial charge in [-0.15, -0.1) is 11.8 Å². The zero-order chi connectivity index (χ0) is 13.0. The van der Waals surface area contributed by atoms with Gasteiger partial charge < -0.3 is 0 Å². The van der Waals surface area contributed by atoms with Crippen molar-refractivity contribution in [1.82, 2.24) is 0 Å². The number of aryl methyl sites for hydroxylation is 2. The first kappa shape index (κ1) is 12.7. The van der Waals surface area contributed by atoms with E-state index >= 15 is 0 Å². The summed E-state index contributed by atoms with van der Waals surface area (Å²) in [5, 5.41) is 8.90. The smallest absolute Gasteiger partial charge is 0.0994 e. The number of rotatable bonds is 3. The summed E-state index contributed by atoms with van der Waals surface area (Å²) >= 11 is 1.81. The van der Waals surface area contributed by atoms with Crippen molar-refractivity contribution in [2.45, 2.75) is 24.5 Å². The predicted octanol–water partition coefficient (Wildman–Crippen LogP) is 4.47. The van der Waals surface area contributed by atoms with Crippen LogP contribution in [0.1, 0.15) is 22.3 Å². The molecular weight excluding hydrogens is 238 g/mol. The molecule has 2 aromatic rings. The highest BCUT2D eigenvalue weighted by Gasteiger charge is 2.02. The molecule has 0 amide bonds. The Morgan fingerprint density at radius 3 is 2.50 bits per heavy atom. The van der Waals surface area contributed by atoms with Gasteiger partial charge in [-0.1, -0.05) is 24.3 Å². The number of benzene rings is 2. The van der Waals surface area contributed by atoms with Crippen molar-refractivity contribution in [3.63, 3.8) is 0 Å². The third-order valence-corrected chi connectivity index (χ3v) is 4.02. The molecule has 2 rings (SSSR count). The minimum Gasteiger partial charge on any atom is -0.192 e. The zero-order valence-corrected chi connectivity index (χ0v) is 11.4. The van der Waals surface area contributed by atoms with E-state index in [4.69, 9.17) is 5.26 Å². The Kier molecular flexibility index (Phi) is 4.07. The van der Waals surface area contributed by atoms with Gasteiger partial charge in [0.25, 0.3) is 0 Å². The molecule has 0 saturated carbocycles. The second kappa shape index (κ2) is 5.75. The Morgan fingerprint density at radius 1 is 1.06 bits per heavy atom. The molecule has 0 bridgehead atoms. The van der Waals surface area contributed by atoms with Crippen molar-refractivity contribution in [1.29, 1.82) is 5.26 Å². The van der Waals surface area contributed by atoms with E-state index in [1.807, 2.05) is 30.8 Å². The van der Waals surface area contributed by atoms with Gasteiger partial charge in [-0.25, -0.2) is 0 Å². The van der Waals surface area contributed by atoms with Crippen LogP contribution in [0.15, 0.2) is 47.4 Å². The van der Waals surface area contributed by atoms with Crippen LogP contribution in [0.25, 0.3) is 0 Å². The Hall–Kier alpha value is -1.72. The van der Waals surface area contributed by atoms with Crippen LogP contribution in [0.4, 0.5) is 0 Å². The van der Waals surface area contributed by atoms with E-state index in [9.17, 15) is 0 Å². The third-order valence-electron chi connectivity index (χ3n) is 2.97. The van der Waals surface area contributed by atoms with E-state index < -0.39 is 0 Å². The van der Waals surface area contributed by atoms with Crippen molar-refractivity contribution in [3.05, 3.63) is 64.7 Å². The predicted molar refractivity (Wildman–Crippen MR) is 76.6 cm³/mol. The van der Waals surface area contributed by atoms with Gasteiger partial charge in [-0.3, -0.25) is 0 Å². The van der Waals surface area contributed by atoms with E-state index in [1.165, 1.54) is 16.0 Å². The third kappa shape index (κ3) is 2.94. The van der Waals surface area contributed by atoms with E-state index in [-0.39, 0.29) is 0 Å². The van der Waals surface area contributed by atoms with Gasteiger partial charge in [-0.2, -0.15) is 5.26 Å². The van der Waals surface area contributed by atoms with Crippen molar-refractivity contribution >= 4 is 11.8 Å². The Bertz CT molecular complexity index is 596. The zero-order valence-electron chi connectivity index (χ0n) is 10.6.